The number of carbonyl (C=O) groups is 1. The number of hydrogen-bond acceptors (Lipinski definition) is 6. The Hall–Kier alpha value is -3.21. The van der Waals surface area contributed by atoms with Crippen LogP contribution in [0.25, 0.3) is 22.3 Å². The number of likely N-dealkylation sites (tertiary alicyclic amines) is 1. The van der Waals surface area contributed by atoms with Crippen molar-refractivity contribution >= 4 is 34.2 Å². The van der Waals surface area contributed by atoms with Crippen molar-refractivity contribution in [2.24, 2.45) is 0 Å². The van der Waals surface area contributed by atoms with Gasteiger partial charge in [0.05, 0.1) is 5.02 Å². The van der Waals surface area contributed by atoms with Gasteiger partial charge >= 0.3 is 0 Å². The number of anilines is 1. The van der Waals surface area contributed by atoms with E-state index in [2.05, 4.69) is 26.8 Å². The maximum atomic E-state index is 12.0. The molecule has 1 aliphatic heterocycles. The van der Waals surface area contributed by atoms with Gasteiger partial charge in [-0.3, -0.25) is 4.79 Å². The molecule has 1 aliphatic rings. The van der Waals surface area contributed by atoms with E-state index in [0.717, 1.165) is 5.56 Å². The standard InChI is InChI=1S/C20H16ClN5O2/c1-26-8-7-20(28,19(26)27)6-5-12-3-2-4-13(9-12)18-24-10-14-15(21)11-23-17(22)16(14)25-18/h2-4,9-11,28H,7-8H2,1H3,(H2,22,23)/t20-/m0/s1. The molecule has 0 radical (unpaired) electrons. The summed E-state index contributed by atoms with van der Waals surface area (Å²) >= 11 is 6.12. The molecule has 1 amide bonds. The monoisotopic (exact) mass is 393 g/mol. The predicted octanol–water partition coefficient (Wildman–Crippen LogP) is 1.87. The molecule has 1 aromatic carbocycles. The molecule has 140 valence electrons. The van der Waals surface area contributed by atoms with Gasteiger partial charge in [-0.2, -0.15) is 0 Å². The Kier molecular flexibility index (Phi) is 4.38. The second kappa shape index (κ2) is 6.75. The fraction of sp³-hybridized carbons (Fsp3) is 0.200. The minimum Gasteiger partial charge on any atom is -0.382 e. The Morgan fingerprint density at radius 1 is 1.32 bits per heavy atom. The van der Waals surface area contributed by atoms with E-state index in [9.17, 15) is 9.90 Å². The second-order valence-corrected chi connectivity index (χ2v) is 7.02. The zero-order valence-corrected chi connectivity index (χ0v) is 15.7. The van der Waals surface area contributed by atoms with Crippen LogP contribution in [0, 0.1) is 11.8 Å². The lowest BCUT2D eigenvalue weighted by atomic mass is 10.0. The first-order valence-corrected chi connectivity index (χ1v) is 8.93. The van der Waals surface area contributed by atoms with Crippen molar-refractivity contribution in [2.45, 2.75) is 12.0 Å². The molecule has 3 N–H and O–H groups in total. The van der Waals surface area contributed by atoms with E-state index in [-0.39, 0.29) is 18.1 Å². The Morgan fingerprint density at radius 3 is 2.89 bits per heavy atom. The molecule has 1 fully saturated rings. The van der Waals surface area contributed by atoms with Gasteiger partial charge in [-0.1, -0.05) is 35.6 Å². The Bertz CT molecular complexity index is 1170. The number of amides is 1. The first-order valence-electron chi connectivity index (χ1n) is 8.56. The van der Waals surface area contributed by atoms with Crippen LogP contribution in [-0.4, -0.2) is 50.1 Å². The smallest absolute Gasteiger partial charge is 0.267 e. The number of aliphatic hydroxyl groups is 1. The second-order valence-electron chi connectivity index (χ2n) is 6.62. The molecule has 1 atom stereocenters. The number of pyridine rings is 1. The largest absolute Gasteiger partial charge is 0.382 e. The highest BCUT2D eigenvalue weighted by Gasteiger charge is 2.42. The summed E-state index contributed by atoms with van der Waals surface area (Å²) in [5.41, 5.74) is 6.10. The predicted molar refractivity (Wildman–Crippen MR) is 106 cm³/mol. The van der Waals surface area contributed by atoms with E-state index in [4.69, 9.17) is 17.3 Å². The molecule has 4 rings (SSSR count). The number of carbonyl (C=O) groups excluding carboxylic acids is 1. The van der Waals surface area contributed by atoms with Gasteiger partial charge in [0.2, 0.25) is 5.60 Å². The average molecular weight is 394 g/mol. The number of fused-ring (bicyclic) bond motifs is 1. The molecule has 0 unspecified atom stereocenters. The lowest BCUT2D eigenvalue weighted by molar-refractivity contribution is -0.137. The van der Waals surface area contributed by atoms with Gasteiger partial charge in [-0.15, -0.1) is 0 Å². The molecule has 0 spiro atoms. The van der Waals surface area contributed by atoms with Gasteiger partial charge in [0.15, 0.2) is 5.82 Å². The molecule has 1 saturated heterocycles. The van der Waals surface area contributed by atoms with E-state index in [1.165, 1.54) is 11.1 Å². The van der Waals surface area contributed by atoms with Gasteiger partial charge < -0.3 is 15.7 Å². The van der Waals surface area contributed by atoms with Gasteiger partial charge in [-0.25, -0.2) is 15.0 Å². The van der Waals surface area contributed by atoms with Crippen LogP contribution in [0.1, 0.15) is 12.0 Å². The topological polar surface area (TPSA) is 105 Å². The Balaban J connectivity index is 1.71. The molecular formula is C20H16ClN5O2. The van der Waals surface area contributed by atoms with Crippen LogP contribution in [-0.2, 0) is 4.79 Å². The number of aromatic nitrogens is 3. The SMILES string of the molecule is CN1CC[C@@](O)(C#Cc2cccc(-c3ncc4c(Cl)cnc(N)c4n3)c2)C1=O. The zero-order chi connectivity index (χ0) is 19.9. The van der Waals surface area contributed by atoms with Crippen molar-refractivity contribution in [3.63, 3.8) is 0 Å². The summed E-state index contributed by atoms with van der Waals surface area (Å²) in [7, 11) is 1.65. The van der Waals surface area contributed by atoms with Crippen LogP contribution < -0.4 is 5.73 Å². The highest BCUT2D eigenvalue weighted by molar-refractivity contribution is 6.35. The molecule has 0 bridgehead atoms. The normalized spacial score (nSPS) is 19.0. The van der Waals surface area contributed by atoms with Crippen molar-refractivity contribution in [2.75, 3.05) is 19.3 Å². The zero-order valence-electron chi connectivity index (χ0n) is 15.0. The third-order valence-electron chi connectivity index (χ3n) is 4.65. The van der Waals surface area contributed by atoms with E-state index in [0.29, 0.717) is 33.9 Å². The summed E-state index contributed by atoms with van der Waals surface area (Å²) in [5.74, 6) is 5.92. The van der Waals surface area contributed by atoms with E-state index >= 15 is 0 Å². The number of benzene rings is 1. The molecule has 8 heteroatoms. The van der Waals surface area contributed by atoms with Gasteiger partial charge in [-0.05, 0) is 12.1 Å². The average Bonchev–Trinajstić information content (AvgIpc) is 2.97. The minimum absolute atomic E-state index is 0.269. The number of rotatable bonds is 1. The fourth-order valence-corrected chi connectivity index (χ4v) is 3.22. The molecule has 28 heavy (non-hydrogen) atoms. The molecule has 3 aromatic rings. The number of hydrogen-bond donors (Lipinski definition) is 2. The summed E-state index contributed by atoms with van der Waals surface area (Å²) in [4.78, 5) is 26.4. The maximum Gasteiger partial charge on any atom is 0.267 e. The summed E-state index contributed by atoms with van der Waals surface area (Å²) in [5, 5.41) is 11.5. The van der Waals surface area contributed by atoms with Gasteiger partial charge in [0, 0.05) is 48.9 Å². The van der Waals surface area contributed by atoms with Crippen LogP contribution in [0.4, 0.5) is 5.82 Å². The highest BCUT2D eigenvalue weighted by atomic mass is 35.5. The molecule has 0 saturated carbocycles. The van der Waals surface area contributed by atoms with Gasteiger partial charge in [0.25, 0.3) is 5.91 Å². The third kappa shape index (κ3) is 3.13. The minimum atomic E-state index is -1.64. The summed E-state index contributed by atoms with van der Waals surface area (Å²) in [6, 6.07) is 7.22. The van der Waals surface area contributed by atoms with Crippen LogP contribution >= 0.6 is 11.6 Å². The van der Waals surface area contributed by atoms with Crippen LogP contribution in [0.2, 0.25) is 5.02 Å². The molecule has 0 aliphatic carbocycles. The van der Waals surface area contributed by atoms with E-state index in [1.807, 2.05) is 6.07 Å². The lowest BCUT2D eigenvalue weighted by Gasteiger charge is -2.13. The Morgan fingerprint density at radius 2 is 2.14 bits per heavy atom. The quantitative estimate of drug-likeness (QED) is 0.611. The van der Waals surface area contributed by atoms with Crippen LogP contribution in [0.5, 0.6) is 0 Å². The summed E-state index contributed by atoms with van der Waals surface area (Å²) < 4.78 is 0. The van der Waals surface area contributed by atoms with Crippen molar-refractivity contribution in [3.05, 3.63) is 47.2 Å². The number of nitrogens with two attached hydrogens (primary N) is 1. The van der Waals surface area contributed by atoms with Crippen molar-refractivity contribution < 1.29 is 9.90 Å². The first kappa shape index (κ1) is 18.2. The molecule has 2 aromatic heterocycles. The number of halogens is 1. The highest BCUT2D eigenvalue weighted by Crippen LogP contribution is 2.27. The molecular weight excluding hydrogens is 378 g/mol. The summed E-state index contributed by atoms with van der Waals surface area (Å²) in [6.07, 6.45) is 3.35. The lowest BCUT2D eigenvalue weighted by Crippen LogP contribution is -2.37. The van der Waals surface area contributed by atoms with Crippen LogP contribution in [0.3, 0.4) is 0 Å². The van der Waals surface area contributed by atoms with Crippen LogP contribution in [0.15, 0.2) is 36.7 Å². The van der Waals surface area contributed by atoms with Crippen molar-refractivity contribution in [3.8, 4) is 23.2 Å². The van der Waals surface area contributed by atoms with Crippen molar-refractivity contribution in [1.29, 1.82) is 0 Å². The fourth-order valence-electron chi connectivity index (χ4n) is 3.03. The maximum absolute atomic E-state index is 12.0. The molecule has 7 nitrogen and oxygen atoms in total. The van der Waals surface area contributed by atoms with Crippen molar-refractivity contribution in [1.82, 2.24) is 19.9 Å². The molecule has 3 heterocycles. The van der Waals surface area contributed by atoms with E-state index in [1.54, 1.807) is 31.4 Å². The third-order valence-corrected chi connectivity index (χ3v) is 4.95. The summed E-state index contributed by atoms with van der Waals surface area (Å²) in [6.45, 7) is 0.479. The van der Waals surface area contributed by atoms with Gasteiger partial charge in [0.1, 0.15) is 11.3 Å². The first-order chi connectivity index (χ1) is 13.4. The van der Waals surface area contributed by atoms with E-state index < -0.39 is 5.60 Å². The number of likely N-dealkylation sites (N-methyl/N-ethyl adjacent to an activating group) is 1. The number of nitrogens with zero attached hydrogens (tertiary/aromatic N) is 4. The number of nitrogen functional groups attached to an aromatic ring is 1. The Labute approximate surface area is 166 Å².